The van der Waals surface area contributed by atoms with Crippen molar-refractivity contribution in [1.29, 1.82) is 0 Å². The summed E-state index contributed by atoms with van der Waals surface area (Å²) in [4.78, 5) is 25.6. The topological polar surface area (TPSA) is 195 Å². The van der Waals surface area contributed by atoms with Crippen molar-refractivity contribution in [2.75, 3.05) is 29.5 Å². The molecule has 0 saturated carbocycles. The van der Waals surface area contributed by atoms with E-state index >= 15 is 0 Å². The zero-order valence-corrected chi connectivity index (χ0v) is 31.4. The number of hydrogen-bond donors (Lipinski definition) is 2. The summed E-state index contributed by atoms with van der Waals surface area (Å²) in [5.41, 5.74) is 3.75. The molecule has 2 aliphatic rings. The van der Waals surface area contributed by atoms with Gasteiger partial charge < -0.3 is 24.2 Å². The molecule has 2 aromatic rings. The molecule has 48 heavy (non-hydrogen) atoms. The van der Waals surface area contributed by atoms with Crippen LogP contribution in [-0.2, 0) is 31.1 Å². The van der Waals surface area contributed by atoms with Crippen LogP contribution in [0.25, 0.3) is 0 Å². The molecule has 0 fully saturated rings. The number of carboxylic acids is 2. The Bertz CT molecular complexity index is 1910. The number of fused-ring (bicyclic) bond motifs is 2. The Labute approximate surface area is 303 Å². The molecule has 0 bridgehead atoms. The van der Waals surface area contributed by atoms with Gasteiger partial charge in [-0.05, 0) is 75.1 Å². The average Bonchev–Trinajstić information content (AvgIpc) is 3.30. The van der Waals surface area contributed by atoms with Crippen molar-refractivity contribution in [1.82, 2.24) is 0 Å². The van der Waals surface area contributed by atoms with Crippen molar-refractivity contribution in [2.24, 2.45) is 0 Å². The summed E-state index contributed by atoms with van der Waals surface area (Å²) in [5, 5.41) is 19.3. The molecule has 0 radical (unpaired) electrons. The third-order valence-corrected chi connectivity index (χ3v) is 10.4. The molecule has 0 spiro atoms. The van der Waals surface area contributed by atoms with Gasteiger partial charge in [0.15, 0.2) is 5.71 Å². The molecular formula is C33H39N2NaO10S2. The first-order valence-electron chi connectivity index (χ1n) is 15.2. The maximum Gasteiger partial charge on any atom is 1.00 e. The van der Waals surface area contributed by atoms with Crippen molar-refractivity contribution in [3.05, 3.63) is 82.6 Å². The first-order valence-corrected chi connectivity index (χ1v) is 18.3. The minimum absolute atomic E-state index is 0. The zero-order chi connectivity index (χ0) is 34.9. The maximum absolute atomic E-state index is 11.8. The number of anilines is 1. The number of carbonyl (C=O) groups is 2. The van der Waals surface area contributed by atoms with E-state index in [1.54, 1.807) is 24.3 Å². The normalized spacial score (nSPS) is 17.5. The molecule has 0 unspecified atom stereocenters. The zero-order valence-electron chi connectivity index (χ0n) is 27.7. The van der Waals surface area contributed by atoms with Crippen molar-refractivity contribution in [3.8, 4) is 0 Å². The Morgan fingerprint density at radius 3 is 1.92 bits per heavy atom. The summed E-state index contributed by atoms with van der Waals surface area (Å²) < 4.78 is 69.1. The largest absolute Gasteiger partial charge is 1.00 e. The van der Waals surface area contributed by atoms with E-state index in [9.17, 15) is 45.7 Å². The number of hydrogen-bond acceptors (Lipinski definition) is 9. The molecule has 2 heterocycles. The molecule has 0 atom stereocenters. The summed E-state index contributed by atoms with van der Waals surface area (Å²) in [5.74, 6) is -3.09. The Morgan fingerprint density at radius 1 is 0.812 bits per heavy atom. The minimum atomic E-state index is -4.36. The molecule has 15 heteroatoms. The van der Waals surface area contributed by atoms with Gasteiger partial charge in [-0.1, -0.05) is 19.9 Å². The van der Waals surface area contributed by atoms with Crippen LogP contribution in [0.1, 0.15) is 85.2 Å². The number of carboxylic acid groups (broad SMARTS) is 2. The second-order valence-corrected chi connectivity index (χ2v) is 15.9. The van der Waals surface area contributed by atoms with Gasteiger partial charge in [0.2, 0.25) is 5.69 Å². The summed E-state index contributed by atoms with van der Waals surface area (Å²) in [6.45, 7) is 8.63. The summed E-state index contributed by atoms with van der Waals surface area (Å²) in [6.07, 6.45) is 6.80. The Kier molecular flexibility index (Phi) is 12.3. The Morgan fingerprint density at radius 2 is 1.35 bits per heavy atom. The van der Waals surface area contributed by atoms with E-state index in [4.69, 9.17) is 0 Å². The van der Waals surface area contributed by atoms with Crippen LogP contribution in [0.15, 0.2) is 60.3 Å². The van der Waals surface area contributed by atoms with Crippen molar-refractivity contribution >= 4 is 49.3 Å². The molecule has 0 aliphatic carbocycles. The van der Waals surface area contributed by atoms with Gasteiger partial charge >= 0.3 is 41.5 Å². The van der Waals surface area contributed by atoms with E-state index in [-0.39, 0.29) is 53.5 Å². The first-order chi connectivity index (χ1) is 21.7. The second kappa shape index (κ2) is 15.0. The van der Waals surface area contributed by atoms with Gasteiger partial charge in [0, 0.05) is 59.0 Å². The SMILES string of the molecule is CC1(C)C(/C=C/C=C2/N(CCCCS(=O)(=O)[O-])c3ccc(C(=O)O)cc3C2(C)C)=[N+](CCCCS(=O)(=O)[O-])c2ccc(C(=O)O)cc21.[Na+]. The van der Waals surface area contributed by atoms with Gasteiger partial charge in [-0.15, -0.1) is 0 Å². The van der Waals surface area contributed by atoms with Crippen LogP contribution in [0.2, 0.25) is 0 Å². The fourth-order valence-corrected chi connectivity index (χ4v) is 7.54. The maximum atomic E-state index is 11.8. The Balaban J connectivity index is 0.00000625. The third-order valence-electron chi connectivity index (χ3n) is 8.84. The number of aromatic carboxylic acids is 2. The van der Waals surface area contributed by atoms with E-state index in [0.29, 0.717) is 25.9 Å². The molecule has 0 saturated heterocycles. The van der Waals surface area contributed by atoms with Crippen LogP contribution in [0, 0.1) is 0 Å². The van der Waals surface area contributed by atoms with E-state index < -0.39 is 54.5 Å². The summed E-state index contributed by atoms with van der Waals surface area (Å²) in [6, 6.07) is 9.75. The fourth-order valence-electron chi connectivity index (χ4n) is 6.43. The molecule has 12 nitrogen and oxygen atoms in total. The molecule has 4 rings (SSSR count). The number of benzene rings is 2. The molecule has 0 amide bonds. The van der Waals surface area contributed by atoms with Crippen LogP contribution in [-0.4, -0.2) is 83.0 Å². The van der Waals surface area contributed by atoms with Gasteiger partial charge in [-0.25, -0.2) is 26.4 Å². The number of unbranched alkanes of at least 4 members (excludes halogenated alkanes) is 2. The number of nitrogens with zero attached hydrogens (tertiary/aromatic N) is 2. The monoisotopic (exact) mass is 710 g/mol. The molecule has 2 aromatic carbocycles. The third kappa shape index (κ3) is 8.84. The van der Waals surface area contributed by atoms with Gasteiger partial charge in [0.25, 0.3) is 0 Å². The molecule has 2 N–H and O–H groups in total. The summed E-state index contributed by atoms with van der Waals surface area (Å²) >= 11 is 0. The number of rotatable bonds is 14. The van der Waals surface area contributed by atoms with Crippen LogP contribution in [0.5, 0.6) is 0 Å². The number of allylic oxidation sites excluding steroid dienone is 4. The fraction of sp³-hybridized carbons (Fsp3) is 0.424. The predicted molar refractivity (Wildman–Crippen MR) is 175 cm³/mol. The van der Waals surface area contributed by atoms with Crippen LogP contribution < -0.4 is 34.5 Å². The molecule has 254 valence electrons. The van der Waals surface area contributed by atoms with Crippen molar-refractivity contribution < 1.29 is 79.9 Å². The van der Waals surface area contributed by atoms with E-state index in [1.807, 2.05) is 55.4 Å². The average molecular weight is 711 g/mol. The van der Waals surface area contributed by atoms with Gasteiger partial charge in [-0.3, -0.25) is 0 Å². The van der Waals surface area contributed by atoms with Crippen LogP contribution in [0.4, 0.5) is 11.4 Å². The van der Waals surface area contributed by atoms with Crippen LogP contribution >= 0.6 is 0 Å². The standard InChI is InChI=1S/C33H40N2O10S2.Na/c1-32(2)24-20-22(30(36)37)12-14-26(24)34(16-5-7-18-46(40,41)42)28(32)10-9-11-29-33(3,4)25-21-23(31(38)39)13-15-27(25)35(29)17-6-8-19-47(43,44)45;/h9-15,20-21H,5-8,16-19H2,1-4H3,(H3-,36,37,38,39,40,41,42,43,44,45);/q;+1/p-1. The quantitative estimate of drug-likeness (QED) is 0.124. The van der Waals surface area contributed by atoms with Gasteiger partial charge in [0.05, 0.1) is 36.8 Å². The first kappa shape index (κ1) is 39.6. The van der Waals surface area contributed by atoms with E-state index in [0.717, 1.165) is 33.9 Å². The molecule has 0 aromatic heterocycles. The van der Waals surface area contributed by atoms with E-state index in [1.165, 1.54) is 12.1 Å². The summed E-state index contributed by atoms with van der Waals surface area (Å²) in [7, 11) is -8.73. The van der Waals surface area contributed by atoms with Gasteiger partial charge in [0.1, 0.15) is 6.54 Å². The second-order valence-electron chi connectivity index (χ2n) is 12.9. The Hall–Kier alpha value is -2.85. The minimum Gasteiger partial charge on any atom is -0.748 e. The smallest absolute Gasteiger partial charge is 0.748 e. The van der Waals surface area contributed by atoms with E-state index in [2.05, 4.69) is 0 Å². The predicted octanol–water partition coefficient (Wildman–Crippen LogP) is 1.35. The molecule has 2 aliphatic heterocycles. The molecular weight excluding hydrogens is 671 g/mol. The van der Waals surface area contributed by atoms with Crippen molar-refractivity contribution in [2.45, 2.75) is 64.2 Å². The van der Waals surface area contributed by atoms with Crippen molar-refractivity contribution in [3.63, 3.8) is 0 Å². The van der Waals surface area contributed by atoms with Crippen LogP contribution in [0.3, 0.4) is 0 Å². The van der Waals surface area contributed by atoms with Gasteiger partial charge in [-0.2, -0.15) is 4.58 Å².